The van der Waals surface area contributed by atoms with Crippen LogP contribution in [0.25, 0.3) is 0 Å². The summed E-state index contributed by atoms with van der Waals surface area (Å²) in [5.41, 5.74) is 0. The second kappa shape index (κ2) is 10.3. The van der Waals surface area contributed by atoms with E-state index in [4.69, 9.17) is 0 Å². The van der Waals surface area contributed by atoms with Crippen LogP contribution in [0.1, 0.15) is 65.2 Å². The fourth-order valence-electron chi connectivity index (χ4n) is 2.48. The minimum Gasteiger partial charge on any atom is -0.302 e. The molecule has 0 saturated carbocycles. The van der Waals surface area contributed by atoms with E-state index >= 15 is 0 Å². The quantitative estimate of drug-likeness (QED) is 0.557. The van der Waals surface area contributed by atoms with Crippen molar-refractivity contribution in [1.82, 2.24) is 4.90 Å². The number of nitrogens with zero attached hydrogens (tertiary/aromatic N) is 1. The van der Waals surface area contributed by atoms with Gasteiger partial charge in [0.25, 0.3) is 0 Å². The zero-order valence-electron chi connectivity index (χ0n) is 11.9. The maximum Gasteiger partial charge on any atom is 0.0174 e. The molecule has 0 aromatic heterocycles. The van der Waals surface area contributed by atoms with Gasteiger partial charge >= 0.3 is 0 Å². The highest BCUT2D eigenvalue weighted by Crippen LogP contribution is 2.21. The van der Waals surface area contributed by atoms with Gasteiger partial charge in [-0.1, -0.05) is 39.5 Å². The molecule has 0 aliphatic carbocycles. The lowest BCUT2D eigenvalue weighted by Crippen LogP contribution is -2.35. The minimum absolute atomic E-state index is 0.902. The number of hydrogen-bond donors (Lipinski definition) is 0. The summed E-state index contributed by atoms with van der Waals surface area (Å²) in [6.07, 6.45) is 11.3. The van der Waals surface area contributed by atoms with Crippen molar-refractivity contribution in [2.75, 3.05) is 25.4 Å². The van der Waals surface area contributed by atoms with Crippen LogP contribution in [0.3, 0.4) is 0 Å². The van der Waals surface area contributed by atoms with Gasteiger partial charge in [-0.25, -0.2) is 0 Å². The second-order valence-electron chi connectivity index (χ2n) is 5.35. The minimum atomic E-state index is 0.902. The molecule has 0 spiro atoms. The number of hydrogen-bond acceptors (Lipinski definition) is 2. The van der Waals surface area contributed by atoms with Gasteiger partial charge < -0.3 is 4.90 Å². The molecule has 1 fully saturated rings. The molecule has 0 amide bonds. The molecule has 0 radical (unpaired) electrons. The van der Waals surface area contributed by atoms with Crippen molar-refractivity contribution in [3.63, 3.8) is 0 Å². The summed E-state index contributed by atoms with van der Waals surface area (Å²) in [5, 5.41) is 0.902. The third-order valence-electron chi connectivity index (χ3n) is 3.64. The molecule has 1 rings (SSSR count). The first-order valence-electron chi connectivity index (χ1n) is 7.70. The molecule has 17 heavy (non-hydrogen) atoms. The molecule has 0 bridgehead atoms. The van der Waals surface area contributed by atoms with E-state index in [2.05, 4.69) is 30.5 Å². The second-order valence-corrected chi connectivity index (χ2v) is 6.76. The van der Waals surface area contributed by atoms with E-state index < -0.39 is 0 Å². The maximum atomic E-state index is 2.71. The molecule has 1 aliphatic rings. The zero-order chi connectivity index (χ0) is 12.3. The lowest BCUT2D eigenvalue weighted by molar-refractivity contribution is 0.227. The highest BCUT2D eigenvalue weighted by atomic mass is 32.2. The average molecular weight is 257 g/mol. The van der Waals surface area contributed by atoms with E-state index in [1.807, 2.05) is 0 Å². The third kappa shape index (κ3) is 7.35. The molecule has 1 nitrogen and oxygen atoms in total. The molecule has 0 N–H and O–H groups in total. The summed E-state index contributed by atoms with van der Waals surface area (Å²) in [6.45, 7) is 8.68. The Balaban J connectivity index is 2.22. The van der Waals surface area contributed by atoms with Crippen molar-refractivity contribution < 1.29 is 0 Å². The van der Waals surface area contributed by atoms with Gasteiger partial charge in [0.2, 0.25) is 0 Å². The topological polar surface area (TPSA) is 3.24 Å². The Hall–Kier alpha value is 0.310. The van der Waals surface area contributed by atoms with Gasteiger partial charge in [0.05, 0.1) is 0 Å². The lowest BCUT2D eigenvalue weighted by atomic mass is 10.1. The van der Waals surface area contributed by atoms with Crippen molar-refractivity contribution in [1.29, 1.82) is 0 Å². The first kappa shape index (κ1) is 15.4. The molecule has 0 aromatic rings. The van der Waals surface area contributed by atoms with Crippen molar-refractivity contribution in [3.05, 3.63) is 0 Å². The molecule has 1 heterocycles. The molecule has 0 aromatic carbocycles. The number of rotatable bonds is 9. The van der Waals surface area contributed by atoms with Crippen molar-refractivity contribution in [2.45, 2.75) is 70.5 Å². The Kier molecular flexibility index (Phi) is 9.27. The summed E-state index contributed by atoms with van der Waals surface area (Å²) in [7, 11) is 0. The van der Waals surface area contributed by atoms with Crippen LogP contribution in [0.2, 0.25) is 0 Å². The standard InChI is InChI=1S/C15H31NS/c1-3-5-10-15(17-13-6-4-2)14-16-11-8-7-9-12-16/h15H,3-14H2,1-2H3. The Labute approximate surface area is 113 Å². The molecular weight excluding hydrogens is 226 g/mol. The third-order valence-corrected chi connectivity index (χ3v) is 5.02. The molecule has 1 unspecified atom stereocenters. The van der Waals surface area contributed by atoms with Gasteiger partial charge in [-0.05, 0) is 44.5 Å². The zero-order valence-corrected chi connectivity index (χ0v) is 12.7. The summed E-state index contributed by atoms with van der Waals surface area (Å²) in [6, 6.07) is 0. The molecular formula is C15H31NS. The van der Waals surface area contributed by atoms with E-state index in [1.165, 1.54) is 76.8 Å². The first-order chi connectivity index (χ1) is 8.36. The Morgan fingerprint density at radius 2 is 1.71 bits per heavy atom. The molecule has 2 heteroatoms. The fourth-order valence-corrected chi connectivity index (χ4v) is 3.92. The van der Waals surface area contributed by atoms with Gasteiger partial charge in [-0.2, -0.15) is 11.8 Å². The van der Waals surface area contributed by atoms with E-state index in [1.54, 1.807) is 0 Å². The predicted octanol–water partition coefficient (Wildman–Crippen LogP) is 4.56. The van der Waals surface area contributed by atoms with Gasteiger partial charge in [0, 0.05) is 11.8 Å². The Morgan fingerprint density at radius 3 is 2.35 bits per heavy atom. The van der Waals surface area contributed by atoms with Crippen LogP contribution in [0.4, 0.5) is 0 Å². The van der Waals surface area contributed by atoms with E-state index in [0.717, 1.165) is 5.25 Å². The molecule has 1 aliphatic heterocycles. The van der Waals surface area contributed by atoms with E-state index in [9.17, 15) is 0 Å². The first-order valence-corrected chi connectivity index (χ1v) is 8.75. The largest absolute Gasteiger partial charge is 0.302 e. The monoisotopic (exact) mass is 257 g/mol. The van der Waals surface area contributed by atoms with Crippen LogP contribution in [0, 0.1) is 0 Å². The normalized spacial score (nSPS) is 19.4. The van der Waals surface area contributed by atoms with Crippen molar-refractivity contribution in [2.24, 2.45) is 0 Å². The van der Waals surface area contributed by atoms with E-state index in [-0.39, 0.29) is 0 Å². The summed E-state index contributed by atoms with van der Waals surface area (Å²) >= 11 is 2.24. The average Bonchev–Trinajstić information content (AvgIpc) is 2.37. The van der Waals surface area contributed by atoms with Gasteiger partial charge in [0.15, 0.2) is 0 Å². The SMILES string of the molecule is CCCCSC(CCCC)CN1CCCCC1. The van der Waals surface area contributed by atoms with Crippen LogP contribution >= 0.6 is 11.8 Å². The van der Waals surface area contributed by atoms with Crippen molar-refractivity contribution in [3.8, 4) is 0 Å². The number of thioether (sulfide) groups is 1. The number of unbranched alkanes of at least 4 members (excludes halogenated alkanes) is 2. The summed E-state index contributed by atoms with van der Waals surface area (Å²) < 4.78 is 0. The highest BCUT2D eigenvalue weighted by Gasteiger charge is 2.16. The van der Waals surface area contributed by atoms with Gasteiger partial charge in [-0.3, -0.25) is 0 Å². The smallest absolute Gasteiger partial charge is 0.0174 e. The highest BCUT2D eigenvalue weighted by molar-refractivity contribution is 7.99. The van der Waals surface area contributed by atoms with Crippen LogP contribution in [-0.2, 0) is 0 Å². The molecule has 1 saturated heterocycles. The fraction of sp³-hybridized carbons (Fsp3) is 1.00. The maximum absolute atomic E-state index is 2.71. The number of likely N-dealkylation sites (tertiary alicyclic amines) is 1. The van der Waals surface area contributed by atoms with Gasteiger partial charge in [0.1, 0.15) is 0 Å². The predicted molar refractivity (Wildman–Crippen MR) is 81.0 cm³/mol. The lowest BCUT2D eigenvalue weighted by Gasteiger charge is -2.30. The van der Waals surface area contributed by atoms with Crippen LogP contribution < -0.4 is 0 Å². The molecule has 1 atom stereocenters. The van der Waals surface area contributed by atoms with Crippen molar-refractivity contribution >= 4 is 11.8 Å². The summed E-state index contributed by atoms with van der Waals surface area (Å²) in [5.74, 6) is 1.37. The Bertz CT molecular complexity index is 166. The van der Waals surface area contributed by atoms with Crippen LogP contribution in [-0.4, -0.2) is 35.5 Å². The number of piperidine rings is 1. The van der Waals surface area contributed by atoms with Crippen LogP contribution in [0.15, 0.2) is 0 Å². The van der Waals surface area contributed by atoms with Gasteiger partial charge in [-0.15, -0.1) is 0 Å². The summed E-state index contributed by atoms with van der Waals surface area (Å²) in [4.78, 5) is 2.71. The van der Waals surface area contributed by atoms with Crippen LogP contribution in [0.5, 0.6) is 0 Å². The molecule has 102 valence electrons. The Morgan fingerprint density at radius 1 is 1.00 bits per heavy atom. The van der Waals surface area contributed by atoms with E-state index in [0.29, 0.717) is 0 Å².